The van der Waals surface area contributed by atoms with Gasteiger partial charge in [0, 0.05) is 37.4 Å². The highest BCUT2D eigenvalue weighted by Gasteiger charge is 2.30. The van der Waals surface area contributed by atoms with Crippen molar-refractivity contribution < 1.29 is 13.9 Å². The van der Waals surface area contributed by atoms with Gasteiger partial charge in [0.2, 0.25) is 5.91 Å². The van der Waals surface area contributed by atoms with E-state index in [2.05, 4.69) is 34.4 Å². The summed E-state index contributed by atoms with van der Waals surface area (Å²) in [5.41, 5.74) is 1.49. The van der Waals surface area contributed by atoms with Crippen molar-refractivity contribution in [2.75, 3.05) is 32.1 Å². The number of hydrogen-bond acceptors (Lipinski definition) is 6. The van der Waals surface area contributed by atoms with E-state index < -0.39 is 0 Å². The fourth-order valence-electron chi connectivity index (χ4n) is 3.13. The molecule has 2 N–H and O–H groups in total. The van der Waals surface area contributed by atoms with Gasteiger partial charge in [-0.15, -0.1) is 0 Å². The Morgan fingerprint density at radius 3 is 3.00 bits per heavy atom. The first-order valence-electron chi connectivity index (χ1n) is 8.44. The van der Waals surface area contributed by atoms with Crippen LogP contribution in [0.25, 0.3) is 11.3 Å². The minimum absolute atomic E-state index is 0.0182. The minimum Gasteiger partial charge on any atom is -0.496 e. The van der Waals surface area contributed by atoms with Crippen molar-refractivity contribution in [2.45, 2.75) is 25.9 Å². The average molecular weight is 344 g/mol. The Balaban J connectivity index is 1.77. The summed E-state index contributed by atoms with van der Waals surface area (Å²) in [7, 11) is 1.59. The topological polar surface area (TPSA) is 79.6 Å². The Labute approximate surface area is 147 Å². The number of rotatable bonds is 5. The predicted octanol–water partition coefficient (Wildman–Crippen LogP) is 1.97. The molecule has 1 aliphatic heterocycles. The summed E-state index contributed by atoms with van der Waals surface area (Å²) < 4.78 is 10.8. The minimum atomic E-state index is -0.186. The number of benzene rings is 1. The maximum atomic E-state index is 12.7. The van der Waals surface area contributed by atoms with E-state index in [0.29, 0.717) is 29.8 Å². The van der Waals surface area contributed by atoms with Crippen molar-refractivity contribution in [3.63, 3.8) is 0 Å². The number of carbonyl (C=O) groups excluding carboxylic acids is 1. The molecule has 25 heavy (non-hydrogen) atoms. The van der Waals surface area contributed by atoms with Crippen LogP contribution in [-0.4, -0.2) is 54.6 Å². The van der Waals surface area contributed by atoms with Crippen LogP contribution in [0, 0.1) is 0 Å². The molecule has 1 saturated heterocycles. The maximum Gasteiger partial charge on any atom is 0.243 e. The van der Waals surface area contributed by atoms with Crippen molar-refractivity contribution in [3.05, 3.63) is 30.8 Å². The van der Waals surface area contributed by atoms with Gasteiger partial charge in [0.05, 0.1) is 18.9 Å². The molecule has 1 unspecified atom stereocenters. The summed E-state index contributed by atoms with van der Waals surface area (Å²) in [5, 5.41) is 6.29. The number of carbonyl (C=O) groups is 1. The highest BCUT2D eigenvalue weighted by atomic mass is 16.5. The molecule has 1 aromatic heterocycles. The van der Waals surface area contributed by atoms with Gasteiger partial charge < -0.3 is 19.8 Å². The van der Waals surface area contributed by atoms with Crippen molar-refractivity contribution in [1.82, 2.24) is 15.2 Å². The lowest BCUT2D eigenvalue weighted by Crippen LogP contribution is -2.58. The summed E-state index contributed by atoms with van der Waals surface area (Å²) in [5.74, 6) is 1.23. The molecule has 2 heterocycles. The van der Waals surface area contributed by atoms with Crippen LogP contribution in [0.3, 0.4) is 0 Å². The average Bonchev–Trinajstić information content (AvgIpc) is 3.16. The van der Waals surface area contributed by atoms with E-state index in [1.807, 2.05) is 12.1 Å². The van der Waals surface area contributed by atoms with Gasteiger partial charge in [-0.25, -0.2) is 4.98 Å². The van der Waals surface area contributed by atoms with Crippen LogP contribution < -0.4 is 15.4 Å². The van der Waals surface area contributed by atoms with Crippen LogP contribution >= 0.6 is 0 Å². The Bertz CT molecular complexity index is 715. The second-order valence-corrected chi connectivity index (χ2v) is 6.32. The molecular weight excluding hydrogens is 320 g/mol. The standard InChI is InChI=1S/C18H24N4O3/c1-12(2)22-7-6-19-9-15(22)18(23)21-13-4-5-14(16(8-13)24-3)17-10-20-11-25-17/h4-5,8,10-12,15,19H,6-7,9H2,1-3H3,(H,21,23). The van der Waals surface area contributed by atoms with Crippen LogP contribution in [0.4, 0.5) is 5.69 Å². The number of ether oxygens (including phenoxy) is 1. The van der Waals surface area contributed by atoms with Crippen LogP contribution in [0.15, 0.2) is 35.2 Å². The second kappa shape index (κ2) is 7.67. The smallest absolute Gasteiger partial charge is 0.243 e. The summed E-state index contributed by atoms with van der Waals surface area (Å²) in [6, 6.07) is 5.63. The first-order valence-corrected chi connectivity index (χ1v) is 8.44. The number of hydrogen-bond donors (Lipinski definition) is 2. The summed E-state index contributed by atoms with van der Waals surface area (Å²) in [6.07, 6.45) is 3.01. The molecule has 1 amide bonds. The highest BCUT2D eigenvalue weighted by molar-refractivity contribution is 5.95. The maximum absolute atomic E-state index is 12.7. The first kappa shape index (κ1) is 17.4. The second-order valence-electron chi connectivity index (χ2n) is 6.32. The third-order valence-electron chi connectivity index (χ3n) is 4.42. The van der Waals surface area contributed by atoms with Crippen LogP contribution in [0.2, 0.25) is 0 Å². The van der Waals surface area contributed by atoms with Crippen LogP contribution in [0.5, 0.6) is 5.75 Å². The molecule has 134 valence electrons. The molecule has 1 aliphatic rings. The van der Waals surface area contributed by atoms with Crippen molar-refractivity contribution >= 4 is 11.6 Å². The van der Waals surface area contributed by atoms with Crippen molar-refractivity contribution in [1.29, 1.82) is 0 Å². The normalized spacial score (nSPS) is 18.3. The van der Waals surface area contributed by atoms with Gasteiger partial charge in [0.1, 0.15) is 11.8 Å². The molecule has 7 nitrogen and oxygen atoms in total. The number of oxazole rings is 1. The summed E-state index contributed by atoms with van der Waals surface area (Å²) >= 11 is 0. The van der Waals surface area contributed by atoms with Gasteiger partial charge in [-0.3, -0.25) is 9.69 Å². The van der Waals surface area contributed by atoms with E-state index in [0.717, 1.165) is 18.7 Å². The Hall–Kier alpha value is -2.38. The zero-order valence-corrected chi connectivity index (χ0v) is 14.8. The molecule has 7 heteroatoms. The van der Waals surface area contributed by atoms with Gasteiger partial charge in [-0.05, 0) is 26.0 Å². The third-order valence-corrected chi connectivity index (χ3v) is 4.42. The lowest BCUT2D eigenvalue weighted by molar-refractivity contribution is -0.122. The van der Waals surface area contributed by atoms with Crippen molar-refractivity contribution in [2.24, 2.45) is 0 Å². The molecule has 0 radical (unpaired) electrons. The molecule has 1 atom stereocenters. The largest absolute Gasteiger partial charge is 0.496 e. The number of methoxy groups -OCH3 is 1. The first-order chi connectivity index (χ1) is 12.1. The van der Waals surface area contributed by atoms with E-state index in [-0.39, 0.29) is 11.9 Å². The van der Waals surface area contributed by atoms with Crippen molar-refractivity contribution in [3.8, 4) is 17.1 Å². The summed E-state index contributed by atoms with van der Waals surface area (Å²) in [4.78, 5) is 18.9. The molecule has 2 aromatic rings. The molecule has 1 aromatic carbocycles. The van der Waals surface area contributed by atoms with Crippen LogP contribution in [0.1, 0.15) is 13.8 Å². The van der Waals surface area contributed by atoms with E-state index in [4.69, 9.17) is 9.15 Å². The Morgan fingerprint density at radius 1 is 1.48 bits per heavy atom. The van der Waals surface area contributed by atoms with Crippen LogP contribution in [-0.2, 0) is 4.79 Å². The Kier molecular flexibility index (Phi) is 5.35. The molecule has 0 bridgehead atoms. The van der Waals surface area contributed by atoms with Gasteiger partial charge in [0.15, 0.2) is 12.2 Å². The number of nitrogens with one attached hydrogen (secondary N) is 2. The van der Waals surface area contributed by atoms with Gasteiger partial charge in [-0.1, -0.05) is 0 Å². The fourth-order valence-corrected chi connectivity index (χ4v) is 3.13. The number of anilines is 1. The molecule has 0 spiro atoms. The van der Waals surface area contributed by atoms with E-state index in [9.17, 15) is 4.79 Å². The zero-order valence-electron chi connectivity index (χ0n) is 14.8. The Morgan fingerprint density at radius 2 is 2.32 bits per heavy atom. The summed E-state index contributed by atoms with van der Waals surface area (Å²) in [6.45, 7) is 6.64. The monoisotopic (exact) mass is 344 g/mol. The van der Waals surface area contributed by atoms with E-state index in [1.165, 1.54) is 6.39 Å². The number of amides is 1. The van der Waals surface area contributed by atoms with Gasteiger partial charge in [0.25, 0.3) is 0 Å². The lowest BCUT2D eigenvalue weighted by atomic mass is 10.1. The highest BCUT2D eigenvalue weighted by Crippen LogP contribution is 2.32. The lowest BCUT2D eigenvalue weighted by Gasteiger charge is -2.37. The molecular formula is C18H24N4O3. The quantitative estimate of drug-likeness (QED) is 0.863. The number of aromatic nitrogens is 1. The predicted molar refractivity (Wildman–Crippen MR) is 95.6 cm³/mol. The molecule has 0 aliphatic carbocycles. The molecule has 0 saturated carbocycles. The zero-order chi connectivity index (χ0) is 17.8. The SMILES string of the molecule is COc1cc(NC(=O)C2CNCCN2C(C)C)ccc1-c1cnco1. The number of piperazine rings is 1. The van der Waals surface area contributed by atoms with Gasteiger partial charge >= 0.3 is 0 Å². The number of nitrogens with zero attached hydrogens (tertiary/aromatic N) is 2. The molecule has 3 rings (SSSR count). The van der Waals surface area contributed by atoms with Gasteiger partial charge in [-0.2, -0.15) is 0 Å². The third kappa shape index (κ3) is 3.83. The van der Waals surface area contributed by atoms with E-state index >= 15 is 0 Å². The fraction of sp³-hybridized carbons (Fsp3) is 0.444. The molecule has 1 fully saturated rings. The van der Waals surface area contributed by atoms with E-state index in [1.54, 1.807) is 19.4 Å².